The summed E-state index contributed by atoms with van der Waals surface area (Å²) in [5.74, 6) is 0.172. The maximum atomic E-state index is 12.9. The number of alkyl halides is 3. The lowest BCUT2D eigenvalue weighted by atomic mass is 9.97. The van der Waals surface area contributed by atoms with E-state index in [-0.39, 0.29) is 5.91 Å². The number of hydrogen-bond donors (Lipinski definition) is 0. The predicted molar refractivity (Wildman–Crippen MR) is 114 cm³/mol. The molecule has 1 saturated heterocycles. The number of carbonyl (C=O) groups excluding carboxylic acids is 1. The van der Waals surface area contributed by atoms with Gasteiger partial charge in [-0.3, -0.25) is 4.79 Å². The molecule has 6 nitrogen and oxygen atoms in total. The predicted octanol–water partition coefficient (Wildman–Crippen LogP) is 3.77. The van der Waals surface area contributed by atoms with Crippen LogP contribution in [-0.2, 0) is 12.6 Å². The van der Waals surface area contributed by atoms with Gasteiger partial charge in [0.05, 0.1) is 5.56 Å². The largest absolute Gasteiger partial charge is 0.416 e. The van der Waals surface area contributed by atoms with Crippen molar-refractivity contribution in [2.24, 2.45) is 5.92 Å². The molecular formula is C23H26F3N5O. The molecule has 2 aromatic heterocycles. The summed E-state index contributed by atoms with van der Waals surface area (Å²) in [6, 6.07) is 8.98. The molecule has 9 heteroatoms. The molecule has 4 rings (SSSR count). The molecule has 0 radical (unpaired) electrons. The van der Waals surface area contributed by atoms with Crippen LogP contribution >= 0.6 is 0 Å². The van der Waals surface area contributed by atoms with E-state index < -0.39 is 11.7 Å². The van der Waals surface area contributed by atoms with Crippen LogP contribution in [0.25, 0.3) is 5.65 Å². The van der Waals surface area contributed by atoms with Crippen molar-refractivity contribution >= 4 is 11.6 Å². The van der Waals surface area contributed by atoms with Gasteiger partial charge in [-0.1, -0.05) is 18.2 Å². The van der Waals surface area contributed by atoms with Gasteiger partial charge in [-0.25, -0.2) is 9.50 Å². The molecule has 1 unspecified atom stereocenters. The van der Waals surface area contributed by atoms with Crippen LogP contribution in [0, 0.1) is 5.92 Å². The summed E-state index contributed by atoms with van der Waals surface area (Å²) in [4.78, 5) is 21.0. The standard InChI is InChI=1S/C23H26F3N5O/c1-29(22(32)20-14-21-27-9-4-11-31(21)28-20)15-18-6-3-10-30(16-18)12-8-17-5-2-7-19(13-17)23(24,25)26/h2,4-5,7,9,11,13-14,18H,3,6,8,10,12,15-16H2,1H3. The van der Waals surface area contributed by atoms with Gasteiger partial charge in [0.15, 0.2) is 11.3 Å². The molecule has 0 bridgehead atoms. The number of carbonyl (C=O) groups is 1. The molecule has 1 fully saturated rings. The SMILES string of the molecule is CN(CC1CCCN(CCc2cccc(C(F)(F)F)c2)C1)C(=O)c1cc2ncccn2n1. The van der Waals surface area contributed by atoms with Crippen LogP contribution in [0.15, 0.2) is 48.8 Å². The molecular weight excluding hydrogens is 419 g/mol. The average molecular weight is 445 g/mol. The highest BCUT2D eigenvalue weighted by Gasteiger charge is 2.30. The minimum atomic E-state index is -4.32. The number of nitrogens with zero attached hydrogens (tertiary/aromatic N) is 5. The molecule has 1 amide bonds. The molecule has 1 aliphatic rings. The first-order valence-corrected chi connectivity index (χ1v) is 10.7. The van der Waals surface area contributed by atoms with Gasteiger partial charge in [0, 0.05) is 45.1 Å². The number of amides is 1. The normalized spacial score (nSPS) is 17.6. The third-order valence-electron chi connectivity index (χ3n) is 5.91. The van der Waals surface area contributed by atoms with E-state index in [0.29, 0.717) is 42.3 Å². The smallest absolute Gasteiger partial charge is 0.340 e. The highest BCUT2D eigenvalue weighted by molar-refractivity contribution is 5.93. The lowest BCUT2D eigenvalue weighted by molar-refractivity contribution is -0.137. The number of likely N-dealkylation sites (tertiary alicyclic amines) is 1. The second-order valence-electron chi connectivity index (χ2n) is 8.39. The third-order valence-corrected chi connectivity index (χ3v) is 5.91. The van der Waals surface area contributed by atoms with E-state index in [1.165, 1.54) is 12.1 Å². The van der Waals surface area contributed by atoms with Gasteiger partial charge in [-0.05, 0) is 49.4 Å². The molecule has 170 valence electrons. The van der Waals surface area contributed by atoms with Crippen molar-refractivity contribution in [1.29, 1.82) is 0 Å². The lowest BCUT2D eigenvalue weighted by Gasteiger charge is -2.34. The van der Waals surface area contributed by atoms with Crippen molar-refractivity contribution < 1.29 is 18.0 Å². The Kier molecular flexibility index (Phi) is 6.45. The third kappa shape index (κ3) is 5.27. The van der Waals surface area contributed by atoms with Gasteiger partial charge in [0.25, 0.3) is 5.91 Å². The fraction of sp³-hybridized carbons (Fsp3) is 0.435. The van der Waals surface area contributed by atoms with E-state index in [9.17, 15) is 18.0 Å². The molecule has 0 saturated carbocycles. The molecule has 1 aromatic carbocycles. The van der Waals surface area contributed by atoms with Crippen LogP contribution in [0.5, 0.6) is 0 Å². The quantitative estimate of drug-likeness (QED) is 0.580. The Morgan fingerprint density at radius 3 is 2.88 bits per heavy atom. The Hall–Kier alpha value is -2.94. The van der Waals surface area contributed by atoms with Gasteiger partial charge < -0.3 is 9.80 Å². The van der Waals surface area contributed by atoms with Gasteiger partial charge in [-0.2, -0.15) is 18.3 Å². The van der Waals surface area contributed by atoms with Crippen molar-refractivity contribution in [2.45, 2.75) is 25.4 Å². The Balaban J connectivity index is 1.31. The number of hydrogen-bond acceptors (Lipinski definition) is 4. The highest BCUT2D eigenvalue weighted by atomic mass is 19.4. The fourth-order valence-electron chi connectivity index (χ4n) is 4.29. The zero-order chi connectivity index (χ0) is 22.7. The summed E-state index contributed by atoms with van der Waals surface area (Å²) in [7, 11) is 1.78. The van der Waals surface area contributed by atoms with Crippen molar-refractivity contribution in [2.75, 3.05) is 33.2 Å². The Morgan fingerprint density at radius 1 is 1.25 bits per heavy atom. The number of benzene rings is 1. The molecule has 1 atom stereocenters. The van der Waals surface area contributed by atoms with E-state index in [4.69, 9.17) is 0 Å². The maximum Gasteiger partial charge on any atom is 0.416 e. The minimum Gasteiger partial charge on any atom is -0.340 e. The molecule has 1 aliphatic heterocycles. The average Bonchev–Trinajstić information content (AvgIpc) is 3.21. The summed E-state index contributed by atoms with van der Waals surface area (Å²) in [5.41, 5.74) is 1.08. The molecule has 3 aromatic rings. The number of rotatable bonds is 6. The van der Waals surface area contributed by atoms with Gasteiger partial charge in [0.1, 0.15) is 0 Å². The van der Waals surface area contributed by atoms with E-state index in [2.05, 4.69) is 15.0 Å². The first-order valence-electron chi connectivity index (χ1n) is 10.7. The van der Waals surface area contributed by atoms with Crippen molar-refractivity contribution in [3.63, 3.8) is 0 Å². The van der Waals surface area contributed by atoms with Gasteiger partial charge in [0.2, 0.25) is 0 Å². The van der Waals surface area contributed by atoms with Crippen LogP contribution in [-0.4, -0.2) is 63.5 Å². The van der Waals surface area contributed by atoms with Gasteiger partial charge in [-0.15, -0.1) is 0 Å². The highest BCUT2D eigenvalue weighted by Crippen LogP contribution is 2.29. The van der Waals surface area contributed by atoms with Crippen molar-refractivity contribution in [1.82, 2.24) is 24.4 Å². The zero-order valence-corrected chi connectivity index (χ0v) is 17.9. The topological polar surface area (TPSA) is 53.7 Å². The van der Waals surface area contributed by atoms with Crippen LogP contribution in [0.2, 0.25) is 0 Å². The summed E-state index contributed by atoms with van der Waals surface area (Å²) in [6.45, 7) is 3.06. The molecule has 3 heterocycles. The second-order valence-corrected chi connectivity index (χ2v) is 8.39. The summed E-state index contributed by atoms with van der Waals surface area (Å²) >= 11 is 0. The van der Waals surface area contributed by atoms with Crippen LogP contribution in [0.3, 0.4) is 0 Å². The first-order chi connectivity index (χ1) is 15.3. The number of piperidine rings is 1. The van der Waals surface area contributed by atoms with E-state index in [1.54, 1.807) is 47.1 Å². The number of aromatic nitrogens is 3. The number of halogens is 3. The van der Waals surface area contributed by atoms with E-state index >= 15 is 0 Å². The Morgan fingerprint density at radius 2 is 2.09 bits per heavy atom. The fourth-order valence-corrected chi connectivity index (χ4v) is 4.29. The van der Waals surface area contributed by atoms with Crippen LogP contribution in [0.1, 0.15) is 34.5 Å². The van der Waals surface area contributed by atoms with E-state index in [0.717, 1.165) is 32.0 Å². The number of fused-ring (bicyclic) bond motifs is 1. The summed E-state index contributed by atoms with van der Waals surface area (Å²) in [6.07, 6.45) is 1.69. The second kappa shape index (κ2) is 9.28. The molecule has 0 aliphatic carbocycles. The van der Waals surface area contributed by atoms with Crippen LogP contribution in [0.4, 0.5) is 13.2 Å². The molecule has 0 N–H and O–H groups in total. The van der Waals surface area contributed by atoms with Crippen LogP contribution < -0.4 is 0 Å². The van der Waals surface area contributed by atoms with Crippen molar-refractivity contribution in [3.05, 3.63) is 65.6 Å². The Labute approximate surface area is 184 Å². The van der Waals surface area contributed by atoms with E-state index in [1.807, 2.05) is 0 Å². The zero-order valence-electron chi connectivity index (χ0n) is 17.9. The summed E-state index contributed by atoms with van der Waals surface area (Å²) < 4.78 is 40.4. The maximum absolute atomic E-state index is 12.9. The summed E-state index contributed by atoms with van der Waals surface area (Å²) in [5, 5.41) is 4.30. The lowest BCUT2D eigenvalue weighted by Crippen LogP contribution is -2.42. The van der Waals surface area contributed by atoms with Gasteiger partial charge >= 0.3 is 6.18 Å². The first kappa shape index (κ1) is 22.3. The molecule has 0 spiro atoms. The van der Waals surface area contributed by atoms with Crippen molar-refractivity contribution in [3.8, 4) is 0 Å². The minimum absolute atomic E-state index is 0.142. The Bertz CT molecular complexity index is 1050. The molecule has 32 heavy (non-hydrogen) atoms. The monoisotopic (exact) mass is 445 g/mol.